The minimum absolute atomic E-state index is 0.549. The number of hydrogen-bond acceptors (Lipinski definition) is 4. The summed E-state index contributed by atoms with van der Waals surface area (Å²) in [6, 6.07) is 3.63. The average Bonchev–Trinajstić information content (AvgIpc) is 2.33. The molecule has 0 radical (unpaired) electrons. The molecule has 0 saturated carbocycles. The first-order chi connectivity index (χ1) is 8.69. The van der Waals surface area contributed by atoms with Crippen LogP contribution in [0.5, 0.6) is 11.5 Å². The Morgan fingerprint density at radius 2 is 2.11 bits per heavy atom. The number of nitrogens with zero attached hydrogens (tertiary/aromatic N) is 2. The molecule has 4 nitrogen and oxygen atoms in total. The van der Waals surface area contributed by atoms with Gasteiger partial charge < -0.3 is 10.1 Å². The fraction of sp³-hybridized carbons (Fsp3) is 0.231. The van der Waals surface area contributed by atoms with E-state index in [2.05, 4.69) is 15.3 Å². The van der Waals surface area contributed by atoms with Crippen LogP contribution in [0.2, 0.25) is 5.02 Å². The highest BCUT2D eigenvalue weighted by atomic mass is 35.5. The van der Waals surface area contributed by atoms with Crippen LogP contribution in [-0.4, -0.2) is 17.0 Å². The predicted octanol–water partition coefficient (Wildman–Crippen LogP) is 2.95. The van der Waals surface area contributed by atoms with E-state index in [0.29, 0.717) is 17.3 Å². The third kappa shape index (κ3) is 3.18. The van der Waals surface area contributed by atoms with Gasteiger partial charge in [-0.2, -0.15) is 0 Å². The Hall–Kier alpha value is -1.65. The molecule has 2 heterocycles. The number of rotatable bonds is 4. The quantitative estimate of drug-likeness (QED) is 0.921. The molecule has 0 spiro atoms. The second kappa shape index (κ2) is 5.80. The number of halogens is 1. The van der Waals surface area contributed by atoms with E-state index in [1.165, 1.54) is 0 Å². The van der Waals surface area contributed by atoms with Gasteiger partial charge in [-0.1, -0.05) is 11.6 Å². The van der Waals surface area contributed by atoms with E-state index in [9.17, 15) is 0 Å². The van der Waals surface area contributed by atoms with Crippen LogP contribution in [0, 0.1) is 6.92 Å². The van der Waals surface area contributed by atoms with E-state index in [0.717, 1.165) is 17.0 Å². The molecule has 2 aromatic rings. The van der Waals surface area contributed by atoms with Crippen LogP contribution in [-0.2, 0) is 6.54 Å². The van der Waals surface area contributed by atoms with Crippen molar-refractivity contribution < 1.29 is 4.74 Å². The van der Waals surface area contributed by atoms with Crippen molar-refractivity contribution in [1.82, 2.24) is 15.3 Å². The van der Waals surface area contributed by atoms with Crippen LogP contribution in [0.3, 0.4) is 0 Å². The molecule has 0 saturated heterocycles. The average molecular weight is 264 g/mol. The highest BCUT2D eigenvalue weighted by Gasteiger charge is 2.06. The van der Waals surface area contributed by atoms with Gasteiger partial charge in [0.2, 0.25) is 0 Å². The summed E-state index contributed by atoms with van der Waals surface area (Å²) in [7, 11) is 1.88. The Kier molecular flexibility index (Phi) is 4.12. The summed E-state index contributed by atoms with van der Waals surface area (Å²) >= 11 is 5.88. The monoisotopic (exact) mass is 263 g/mol. The first kappa shape index (κ1) is 12.8. The van der Waals surface area contributed by atoms with Gasteiger partial charge >= 0.3 is 0 Å². The van der Waals surface area contributed by atoms with Gasteiger partial charge in [-0.3, -0.25) is 9.97 Å². The van der Waals surface area contributed by atoms with Crippen LogP contribution < -0.4 is 10.1 Å². The van der Waals surface area contributed by atoms with Crippen LogP contribution in [0.25, 0.3) is 0 Å². The molecule has 0 aliphatic rings. The fourth-order valence-corrected chi connectivity index (χ4v) is 1.72. The summed E-state index contributed by atoms with van der Waals surface area (Å²) in [5, 5.41) is 3.63. The number of aromatic nitrogens is 2. The lowest BCUT2D eigenvalue weighted by atomic mass is 10.2. The predicted molar refractivity (Wildman–Crippen MR) is 71.1 cm³/mol. The summed E-state index contributed by atoms with van der Waals surface area (Å²) in [4.78, 5) is 8.25. The summed E-state index contributed by atoms with van der Waals surface area (Å²) in [5.41, 5.74) is 1.89. The molecule has 5 heteroatoms. The van der Waals surface area contributed by atoms with Crippen molar-refractivity contribution in [2.75, 3.05) is 7.05 Å². The SMILES string of the molecule is CNCc1cnc(C)cc1Oc1cncc(Cl)c1. The standard InChI is InChI=1S/C13H14ClN3O/c1-9-3-13(10(5-15-2)6-17-9)18-12-4-11(14)7-16-8-12/h3-4,6-8,15H,5H2,1-2H3. The molecular weight excluding hydrogens is 250 g/mol. The van der Waals surface area contributed by atoms with Gasteiger partial charge in [0.05, 0.1) is 11.2 Å². The van der Waals surface area contributed by atoms with Crippen molar-refractivity contribution in [3.8, 4) is 11.5 Å². The molecule has 94 valence electrons. The summed E-state index contributed by atoms with van der Waals surface area (Å²) in [6.07, 6.45) is 5.00. The second-order valence-electron chi connectivity index (χ2n) is 3.90. The van der Waals surface area contributed by atoms with E-state index in [-0.39, 0.29) is 0 Å². The van der Waals surface area contributed by atoms with Crippen LogP contribution in [0.15, 0.2) is 30.7 Å². The summed E-state index contributed by atoms with van der Waals surface area (Å²) < 4.78 is 5.80. The molecule has 0 bridgehead atoms. The van der Waals surface area contributed by atoms with E-state index < -0.39 is 0 Å². The zero-order valence-corrected chi connectivity index (χ0v) is 11.0. The summed E-state index contributed by atoms with van der Waals surface area (Å²) in [6.45, 7) is 2.61. The van der Waals surface area contributed by atoms with E-state index in [1.807, 2.05) is 20.0 Å². The molecule has 0 fully saturated rings. The minimum atomic E-state index is 0.549. The summed E-state index contributed by atoms with van der Waals surface area (Å²) in [5.74, 6) is 1.38. The van der Waals surface area contributed by atoms with Crippen LogP contribution >= 0.6 is 11.6 Å². The molecule has 0 aliphatic carbocycles. The van der Waals surface area contributed by atoms with Gasteiger partial charge in [-0.25, -0.2) is 0 Å². The third-order valence-electron chi connectivity index (χ3n) is 2.36. The molecular formula is C13H14ClN3O. The highest BCUT2D eigenvalue weighted by Crippen LogP contribution is 2.26. The second-order valence-corrected chi connectivity index (χ2v) is 4.34. The Bertz CT molecular complexity index is 546. The van der Waals surface area contributed by atoms with E-state index >= 15 is 0 Å². The number of hydrogen-bond donors (Lipinski definition) is 1. The van der Waals surface area contributed by atoms with E-state index in [1.54, 1.807) is 24.7 Å². The molecule has 18 heavy (non-hydrogen) atoms. The normalized spacial score (nSPS) is 10.4. The largest absolute Gasteiger partial charge is 0.455 e. The zero-order chi connectivity index (χ0) is 13.0. The highest BCUT2D eigenvalue weighted by molar-refractivity contribution is 6.30. The van der Waals surface area contributed by atoms with Gasteiger partial charge in [0.25, 0.3) is 0 Å². The van der Waals surface area contributed by atoms with Gasteiger partial charge in [-0.05, 0) is 14.0 Å². The zero-order valence-electron chi connectivity index (χ0n) is 10.3. The van der Waals surface area contributed by atoms with Gasteiger partial charge in [0.1, 0.15) is 11.5 Å². The molecule has 0 aliphatic heterocycles. The molecule has 2 rings (SSSR count). The lowest BCUT2D eigenvalue weighted by Crippen LogP contribution is -2.07. The molecule has 0 amide bonds. The van der Waals surface area contributed by atoms with Crippen molar-refractivity contribution >= 4 is 11.6 Å². The maximum Gasteiger partial charge on any atom is 0.147 e. The first-order valence-corrected chi connectivity index (χ1v) is 5.95. The molecule has 2 aromatic heterocycles. The molecule has 1 N–H and O–H groups in total. The van der Waals surface area contributed by atoms with Crippen molar-refractivity contribution in [3.05, 3.63) is 47.0 Å². The van der Waals surface area contributed by atoms with Gasteiger partial charge in [-0.15, -0.1) is 0 Å². The van der Waals surface area contributed by atoms with Crippen LogP contribution in [0.1, 0.15) is 11.3 Å². The Labute approximate surface area is 111 Å². The van der Waals surface area contributed by atoms with Crippen molar-refractivity contribution in [3.63, 3.8) is 0 Å². The lowest BCUT2D eigenvalue weighted by Gasteiger charge is -2.11. The number of aryl methyl sites for hydroxylation is 1. The van der Waals surface area contributed by atoms with Crippen LogP contribution in [0.4, 0.5) is 0 Å². The topological polar surface area (TPSA) is 47.0 Å². The Morgan fingerprint density at radius 1 is 1.28 bits per heavy atom. The van der Waals surface area contributed by atoms with Crippen molar-refractivity contribution in [2.24, 2.45) is 0 Å². The maximum absolute atomic E-state index is 5.88. The fourth-order valence-electron chi connectivity index (χ4n) is 1.56. The number of pyridine rings is 2. The van der Waals surface area contributed by atoms with Crippen molar-refractivity contribution in [1.29, 1.82) is 0 Å². The lowest BCUT2D eigenvalue weighted by molar-refractivity contribution is 0.470. The minimum Gasteiger partial charge on any atom is -0.455 e. The maximum atomic E-state index is 5.88. The van der Waals surface area contributed by atoms with E-state index in [4.69, 9.17) is 16.3 Å². The van der Waals surface area contributed by atoms with Gasteiger partial charge in [0.15, 0.2) is 0 Å². The Balaban J connectivity index is 2.29. The Morgan fingerprint density at radius 3 is 2.83 bits per heavy atom. The number of nitrogens with one attached hydrogen (secondary N) is 1. The smallest absolute Gasteiger partial charge is 0.147 e. The van der Waals surface area contributed by atoms with Crippen molar-refractivity contribution in [2.45, 2.75) is 13.5 Å². The third-order valence-corrected chi connectivity index (χ3v) is 2.56. The van der Waals surface area contributed by atoms with Gasteiger partial charge in [0, 0.05) is 42.3 Å². The molecule has 0 atom stereocenters. The molecule has 0 aromatic carbocycles. The number of ether oxygens (including phenoxy) is 1. The first-order valence-electron chi connectivity index (χ1n) is 5.57. The molecule has 0 unspecified atom stereocenters.